The molecule has 1 unspecified atom stereocenters. The zero-order valence-electron chi connectivity index (χ0n) is 8.70. The molecule has 0 fully saturated rings. The van der Waals surface area contributed by atoms with Crippen LogP contribution in [0.2, 0.25) is 10.0 Å². The van der Waals surface area contributed by atoms with Crippen LogP contribution < -0.4 is 0 Å². The largest absolute Gasteiger partial charge is 0.384 e. The monoisotopic (exact) mass is 330 g/mol. The van der Waals surface area contributed by atoms with Gasteiger partial charge in [-0.25, -0.2) is 0 Å². The van der Waals surface area contributed by atoms with Crippen molar-refractivity contribution in [3.8, 4) is 0 Å². The highest BCUT2D eigenvalue weighted by atomic mass is 79.9. The van der Waals surface area contributed by atoms with Gasteiger partial charge in [-0.3, -0.25) is 0 Å². The third-order valence-electron chi connectivity index (χ3n) is 2.45. The second-order valence-corrected chi connectivity index (χ2v) is 5.27. The summed E-state index contributed by atoms with van der Waals surface area (Å²) in [6.07, 6.45) is -0.753. The molecule has 2 aromatic carbocycles. The molecule has 0 aliphatic rings. The van der Waals surface area contributed by atoms with Crippen molar-refractivity contribution in [2.75, 3.05) is 0 Å². The van der Waals surface area contributed by atoms with E-state index in [1.54, 1.807) is 12.1 Å². The lowest BCUT2D eigenvalue weighted by Crippen LogP contribution is -2.00. The van der Waals surface area contributed by atoms with Gasteiger partial charge in [-0.2, -0.15) is 0 Å². The van der Waals surface area contributed by atoms with Gasteiger partial charge in [0.05, 0.1) is 5.02 Å². The molecular formula is C13H9BrCl2O. The van der Waals surface area contributed by atoms with Gasteiger partial charge in [0.1, 0.15) is 6.10 Å². The van der Waals surface area contributed by atoms with Crippen molar-refractivity contribution < 1.29 is 5.11 Å². The van der Waals surface area contributed by atoms with Crippen molar-refractivity contribution in [1.82, 2.24) is 0 Å². The van der Waals surface area contributed by atoms with Crippen LogP contribution in [0.5, 0.6) is 0 Å². The normalized spacial score (nSPS) is 12.5. The highest BCUT2D eigenvalue weighted by Gasteiger charge is 2.15. The van der Waals surface area contributed by atoms with E-state index >= 15 is 0 Å². The molecule has 4 heteroatoms. The second kappa shape index (κ2) is 5.40. The molecular weight excluding hydrogens is 323 g/mol. The summed E-state index contributed by atoms with van der Waals surface area (Å²) in [5, 5.41) is 11.2. The molecule has 0 spiro atoms. The van der Waals surface area contributed by atoms with Gasteiger partial charge in [0.25, 0.3) is 0 Å². The Morgan fingerprint density at radius 1 is 1.00 bits per heavy atom. The fourth-order valence-electron chi connectivity index (χ4n) is 1.56. The standard InChI is InChI=1S/C13H9BrCl2O/c14-10-6-9(11(15)7-12(10)16)13(17)8-4-2-1-3-5-8/h1-7,13,17H. The molecule has 1 nitrogen and oxygen atoms in total. The number of aliphatic hydroxyl groups excluding tert-OH is 1. The minimum absolute atomic E-state index is 0.453. The Kier molecular flexibility index (Phi) is 4.10. The van der Waals surface area contributed by atoms with Gasteiger partial charge in [-0.05, 0) is 33.6 Å². The molecule has 0 bridgehead atoms. The summed E-state index contributed by atoms with van der Waals surface area (Å²) in [7, 11) is 0. The van der Waals surface area contributed by atoms with Crippen LogP contribution in [-0.4, -0.2) is 5.11 Å². The summed E-state index contributed by atoms with van der Waals surface area (Å²) in [5.74, 6) is 0. The molecule has 2 rings (SSSR count). The van der Waals surface area contributed by atoms with Crippen molar-refractivity contribution >= 4 is 39.1 Å². The lowest BCUT2D eigenvalue weighted by molar-refractivity contribution is 0.220. The predicted octanol–water partition coefficient (Wildman–Crippen LogP) is 4.84. The molecule has 0 saturated carbocycles. The molecule has 0 saturated heterocycles. The number of aliphatic hydroxyl groups is 1. The fourth-order valence-corrected chi connectivity index (χ4v) is 2.41. The minimum atomic E-state index is -0.753. The zero-order chi connectivity index (χ0) is 12.4. The highest BCUT2D eigenvalue weighted by Crippen LogP contribution is 2.34. The number of benzene rings is 2. The van der Waals surface area contributed by atoms with E-state index in [0.29, 0.717) is 20.1 Å². The topological polar surface area (TPSA) is 20.2 Å². The average Bonchev–Trinajstić information content (AvgIpc) is 2.34. The lowest BCUT2D eigenvalue weighted by atomic mass is 10.0. The first kappa shape index (κ1) is 12.9. The fraction of sp³-hybridized carbons (Fsp3) is 0.0769. The summed E-state index contributed by atoms with van der Waals surface area (Å²) in [5.41, 5.74) is 1.43. The first-order valence-electron chi connectivity index (χ1n) is 4.97. The van der Waals surface area contributed by atoms with E-state index in [9.17, 15) is 5.11 Å². The maximum atomic E-state index is 10.2. The first-order valence-corrected chi connectivity index (χ1v) is 6.52. The molecule has 2 aromatic rings. The number of hydrogen-bond acceptors (Lipinski definition) is 1. The molecule has 0 aliphatic heterocycles. The van der Waals surface area contributed by atoms with Crippen LogP contribution in [0.1, 0.15) is 17.2 Å². The van der Waals surface area contributed by atoms with Gasteiger partial charge in [-0.15, -0.1) is 0 Å². The summed E-state index contributed by atoms with van der Waals surface area (Å²) < 4.78 is 0.716. The highest BCUT2D eigenvalue weighted by molar-refractivity contribution is 9.10. The Morgan fingerprint density at radius 2 is 1.65 bits per heavy atom. The van der Waals surface area contributed by atoms with Crippen LogP contribution >= 0.6 is 39.1 Å². The van der Waals surface area contributed by atoms with Crippen molar-refractivity contribution in [2.24, 2.45) is 0 Å². The van der Waals surface area contributed by atoms with Gasteiger partial charge >= 0.3 is 0 Å². The minimum Gasteiger partial charge on any atom is -0.384 e. The molecule has 0 amide bonds. The molecule has 0 radical (unpaired) electrons. The van der Waals surface area contributed by atoms with Gasteiger partial charge in [-0.1, -0.05) is 53.5 Å². The quantitative estimate of drug-likeness (QED) is 0.781. The van der Waals surface area contributed by atoms with E-state index in [1.807, 2.05) is 30.3 Å². The average molecular weight is 332 g/mol. The molecule has 0 heterocycles. The summed E-state index contributed by atoms with van der Waals surface area (Å²) in [4.78, 5) is 0. The van der Waals surface area contributed by atoms with Crippen LogP contribution in [0, 0.1) is 0 Å². The maximum absolute atomic E-state index is 10.2. The van der Waals surface area contributed by atoms with E-state index < -0.39 is 6.10 Å². The molecule has 1 atom stereocenters. The smallest absolute Gasteiger partial charge is 0.106 e. The molecule has 1 N–H and O–H groups in total. The van der Waals surface area contributed by atoms with Crippen LogP contribution in [0.3, 0.4) is 0 Å². The van der Waals surface area contributed by atoms with E-state index in [2.05, 4.69) is 15.9 Å². The van der Waals surface area contributed by atoms with Crippen molar-refractivity contribution in [3.63, 3.8) is 0 Å². The van der Waals surface area contributed by atoms with Crippen molar-refractivity contribution in [1.29, 1.82) is 0 Å². The zero-order valence-corrected chi connectivity index (χ0v) is 11.8. The molecule has 17 heavy (non-hydrogen) atoms. The third-order valence-corrected chi connectivity index (χ3v) is 3.97. The molecule has 0 aromatic heterocycles. The van der Waals surface area contributed by atoms with Crippen LogP contribution in [-0.2, 0) is 0 Å². The molecule has 0 aliphatic carbocycles. The van der Waals surface area contributed by atoms with Gasteiger partial charge in [0.2, 0.25) is 0 Å². The van der Waals surface area contributed by atoms with Crippen LogP contribution in [0.4, 0.5) is 0 Å². The lowest BCUT2D eigenvalue weighted by Gasteiger charge is -2.14. The Bertz CT molecular complexity index is 528. The van der Waals surface area contributed by atoms with Crippen molar-refractivity contribution in [3.05, 3.63) is 68.1 Å². The Hall–Kier alpha value is -0.540. The number of hydrogen-bond donors (Lipinski definition) is 1. The van der Waals surface area contributed by atoms with E-state index in [0.717, 1.165) is 5.56 Å². The number of halogens is 3. The van der Waals surface area contributed by atoms with Gasteiger partial charge in [0.15, 0.2) is 0 Å². The third kappa shape index (κ3) is 2.83. The number of rotatable bonds is 2. The van der Waals surface area contributed by atoms with Crippen LogP contribution in [0.25, 0.3) is 0 Å². The van der Waals surface area contributed by atoms with Gasteiger partial charge in [0, 0.05) is 15.1 Å². The summed E-state index contributed by atoms with van der Waals surface area (Å²) >= 11 is 15.3. The first-order chi connectivity index (χ1) is 8.09. The second-order valence-electron chi connectivity index (χ2n) is 3.60. The Morgan fingerprint density at radius 3 is 2.29 bits per heavy atom. The summed E-state index contributed by atoms with van der Waals surface area (Å²) in [6.45, 7) is 0. The predicted molar refractivity (Wildman–Crippen MR) is 74.7 cm³/mol. The van der Waals surface area contributed by atoms with E-state index in [-0.39, 0.29) is 0 Å². The van der Waals surface area contributed by atoms with E-state index in [4.69, 9.17) is 23.2 Å². The summed E-state index contributed by atoms with van der Waals surface area (Å²) in [6, 6.07) is 12.7. The van der Waals surface area contributed by atoms with E-state index in [1.165, 1.54) is 0 Å². The molecule has 88 valence electrons. The van der Waals surface area contributed by atoms with Gasteiger partial charge < -0.3 is 5.11 Å². The van der Waals surface area contributed by atoms with Crippen LogP contribution in [0.15, 0.2) is 46.9 Å². The SMILES string of the molecule is OC(c1ccccc1)c1cc(Br)c(Cl)cc1Cl. The Balaban J connectivity index is 2.44. The maximum Gasteiger partial charge on any atom is 0.106 e. The van der Waals surface area contributed by atoms with Crippen molar-refractivity contribution in [2.45, 2.75) is 6.10 Å². The Labute approximate surface area is 118 Å².